The summed E-state index contributed by atoms with van der Waals surface area (Å²) in [6.07, 6.45) is 6.71. The molecule has 0 radical (unpaired) electrons. The van der Waals surface area contributed by atoms with Gasteiger partial charge in [-0.1, -0.05) is 11.6 Å². The lowest BCUT2D eigenvalue weighted by atomic mass is 9.77. The van der Waals surface area contributed by atoms with Gasteiger partial charge in [0.05, 0.1) is 34.4 Å². The number of nitrogens with zero attached hydrogens (tertiary/aromatic N) is 8. The first-order chi connectivity index (χ1) is 29.8. The maximum atomic E-state index is 15.6. The van der Waals surface area contributed by atoms with Gasteiger partial charge in [0.15, 0.2) is 11.6 Å². The Morgan fingerprint density at radius 2 is 1.63 bits per heavy atom. The molecule has 2 aromatic carbocycles. The van der Waals surface area contributed by atoms with E-state index in [1.165, 1.54) is 6.07 Å². The van der Waals surface area contributed by atoms with Gasteiger partial charge in [-0.25, -0.2) is 19.2 Å². The number of hydrogen-bond donors (Lipinski definition) is 2. The van der Waals surface area contributed by atoms with Crippen LogP contribution in [0.4, 0.5) is 32.2 Å². The van der Waals surface area contributed by atoms with E-state index in [1.54, 1.807) is 30.6 Å². The summed E-state index contributed by atoms with van der Waals surface area (Å²) >= 11 is 6.30. The molecule has 4 fully saturated rings. The average Bonchev–Trinajstić information content (AvgIpc) is 3.26. The third kappa shape index (κ3) is 9.24. The lowest BCUT2D eigenvalue weighted by Crippen LogP contribution is -2.59. The molecule has 62 heavy (non-hydrogen) atoms. The third-order valence-electron chi connectivity index (χ3n) is 13.3. The van der Waals surface area contributed by atoms with Gasteiger partial charge in [-0.15, -0.1) is 0 Å². The Kier molecular flexibility index (Phi) is 12.7. The molecule has 8 rings (SSSR count). The van der Waals surface area contributed by atoms with Crippen molar-refractivity contribution < 1.29 is 28.4 Å². The Bertz CT molecular complexity index is 2270. The van der Waals surface area contributed by atoms with Crippen molar-refractivity contribution in [2.24, 2.45) is 17.8 Å². The number of anilines is 4. The Balaban J connectivity index is 0.772. The molecule has 0 bridgehead atoms. The number of fused-ring (bicyclic) bond motifs is 1. The van der Waals surface area contributed by atoms with Crippen LogP contribution in [0, 0.1) is 34.9 Å². The van der Waals surface area contributed by atoms with E-state index in [9.17, 15) is 29.2 Å². The van der Waals surface area contributed by atoms with Crippen molar-refractivity contribution in [3.63, 3.8) is 0 Å². The van der Waals surface area contributed by atoms with Crippen molar-refractivity contribution in [3.8, 4) is 6.07 Å². The number of piperazine rings is 2. The highest BCUT2D eigenvalue weighted by atomic mass is 35.5. The Labute approximate surface area is 365 Å². The van der Waals surface area contributed by atoms with E-state index in [0.717, 1.165) is 51.3 Å². The summed E-state index contributed by atoms with van der Waals surface area (Å²) in [5.41, 5.74) is 2.60. The highest BCUT2D eigenvalue weighted by Gasteiger charge is 2.37. The number of amides is 4. The molecule has 0 saturated carbocycles. The van der Waals surface area contributed by atoms with E-state index in [4.69, 9.17) is 11.6 Å². The number of carbonyl (C=O) groups is 5. The molecular weight excluding hydrogens is 815 g/mol. The number of nitrogens with one attached hydrogen (secondary N) is 2. The van der Waals surface area contributed by atoms with Crippen LogP contribution >= 0.6 is 11.6 Å². The zero-order valence-electron chi connectivity index (χ0n) is 35.1. The van der Waals surface area contributed by atoms with Gasteiger partial charge in [0, 0.05) is 112 Å². The molecule has 4 amide bonds. The number of rotatable bonds is 9. The second-order valence-electron chi connectivity index (χ2n) is 17.5. The van der Waals surface area contributed by atoms with Gasteiger partial charge in [-0.05, 0) is 82.2 Å². The minimum absolute atomic E-state index is 0.0292. The highest BCUT2D eigenvalue weighted by molar-refractivity contribution is 6.32. The zero-order chi connectivity index (χ0) is 43.7. The van der Waals surface area contributed by atoms with Crippen molar-refractivity contribution in [1.29, 1.82) is 5.26 Å². The van der Waals surface area contributed by atoms with Gasteiger partial charge in [0.2, 0.25) is 17.8 Å². The highest BCUT2D eigenvalue weighted by Crippen LogP contribution is 2.35. The molecule has 1 aromatic heterocycles. The van der Waals surface area contributed by atoms with Gasteiger partial charge < -0.3 is 24.9 Å². The smallest absolute Gasteiger partial charge is 0.322 e. The predicted molar refractivity (Wildman–Crippen MR) is 232 cm³/mol. The first-order valence-electron chi connectivity index (χ1n) is 21.7. The number of carbonyl (C=O) groups excluding carboxylic acids is 5. The predicted octanol–water partition coefficient (Wildman–Crippen LogP) is 5.53. The monoisotopic (exact) mass is 866 g/mol. The van der Waals surface area contributed by atoms with Gasteiger partial charge in [0.25, 0.3) is 0 Å². The van der Waals surface area contributed by atoms with Crippen LogP contribution in [0.5, 0.6) is 0 Å². The Morgan fingerprint density at radius 3 is 2.32 bits per heavy atom. The summed E-state index contributed by atoms with van der Waals surface area (Å²) in [6.45, 7) is 10.4. The van der Waals surface area contributed by atoms with Crippen molar-refractivity contribution >= 4 is 64.0 Å². The van der Waals surface area contributed by atoms with E-state index >= 15 is 4.39 Å². The molecular formula is C45H52ClFN10O5. The number of imide groups is 1. The van der Waals surface area contributed by atoms with Crippen LogP contribution in [0.15, 0.2) is 42.7 Å². The number of aromatic nitrogens is 2. The second-order valence-corrected chi connectivity index (χ2v) is 17.9. The lowest BCUT2D eigenvalue weighted by Gasteiger charge is -2.45. The molecule has 2 N–H and O–H groups in total. The van der Waals surface area contributed by atoms with Gasteiger partial charge in [-0.3, -0.25) is 29.4 Å². The normalized spacial score (nSPS) is 23.9. The second kappa shape index (κ2) is 18.4. The van der Waals surface area contributed by atoms with Crippen molar-refractivity contribution in [2.45, 2.75) is 70.9 Å². The van der Waals surface area contributed by atoms with Crippen molar-refractivity contribution in [2.75, 3.05) is 78.9 Å². The number of Topliss-reactive ketones (excluding diaryl/α,β-unsaturated/α-hetero) is 2. The molecule has 4 saturated heterocycles. The third-order valence-corrected chi connectivity index (χ3v) is 13.7. The number of benzene rings is 2. The average molecular weight is 867 g/mol. The summed E-state index contributed by atoms with van der Waals surface area (Å²) < 4.78 is 15.6. The minimum Gasteiger partial charge on any atom is -0.367 e. The largest absolute Gasteiger partial charge is 0.367 e. The fraction of sp³-hybridized carbons (Fsp3) is 0.511. The number of piperidine rings is 2. The van der Waals surface area contributed by atoms with E-state index in [-0.39, 0.29) is 71.4 Å². The Hall–Kier alpha value is -5.66. The van der Waals surface area contributed by atoms with Crippen LogP contribution in [0.25, 0.3) is 0 Å². The van der Waals surface area contributed by atoms with Gasteiger partial charge in [-0.2, -0.15) is 5.26 Å². The SMILES string of the molecule is C[C@@H]1CN(c2ccc(C#N)c(Cl)c2)[C@@H](C)CN1C(=O)Nc1cnc(N2CCC(CN3CCN(c4cc5c(cc4F)C(=O)C(CCC4CCC(=O)NC4=O)CC5=O)CC3)CC2)nc1. The molecule has 0 spiro atoms. The van der Waals surface area contributed by atoms with Crippen LogP contribution in [0.1, 0.15) is 85.1 Å². The topological polar surface area (TPSA) is 175 Å². The van der Waals surface area contributed by atoms with E-state index in [1.807, 2.05) is 22.8 Å². The number of halogens is 2. The maximum Gasteiger partial charge on any atom is 0.322 e. The van der Waals surface area contributed by atoms with E-state index in [0.29, 0.717) is 79.3 Å². The number of nitriles is 1. The molecule has 1 aliphatic carbocycles. The molecule has 3 aromatic rings. The zero-order valence-corrected chi connectivity index (χ0v) is 35.9. The van der Waals surface area contributed by atoms with Gasteiger partial charge >= 0.3 is 6.03 Å². The summed E-state index contributed by atoms with van der Waals surface area (Å²) in [6, 6.07) is 10.0. The van der Waals surface area contributed by atoms with E-state index in [2.05, 4.69) is 48.3 Å². The fourth-order valence-corrected chi connectivity index (χ4v) is 9.89. The maximum absolute atomic E-state index is 15.6. The van der Waals surface area contributed by atoms with Crippen molar-refractivity contribution in [1.82, 2.24) is 25.1 Å². The molecule has 4 atom stereocenters. The quantitative estimate of drug-likeness (QED) is 0.258. The van der Waals surface area contributed by atoms with E-state index < -0.39 is 11.7 Å². The fourth-order valence-electron chi connectivity index (χ4n) is 9.67. The van der Waals surface area contributed by atoms with Crippen LogP contribution < -0.4 is 25.3 Å². The molecule has 5 heterocycles. The molecule has 17 heteroatoms. The molecule has 4 aliphatic heterocycles. The Morgan fingerprint density at radius 1 is 0.903 bits per heavy atom. The standard InChI is InChI=1S/C45H52ClFN10O5/c1-27-25-57(28(2)24-56(27)34-7-5-32(21-48)37(46)18-34)45(62)51-33-22-49-44(50-23-33)55-11-9-29(10-12-55)26-53-13-15-54(16-14-53)39-20-35-36(19-38(39)47)42(60)31(17-40(35)58)4-3-30-6-8-41(59)52-43(30)61/h5,7,18-20,22-23,27-31H,3-4,6,8-17,24-26H2,1-2H3,(H,51,62)(H,52,59,61)/t27-,28+,30?,31?/m0/s1. The number of ketones is 2. The summed E-state index contributed by atoms with van der Waals surface area (Å²) in [5.74, 6) is -1.46. The van der Waals surface area contributed by atoms with Crippen LogP contribution in [0.2, 0.25) is 5.02 Å². The summed E-state index contributed by atoms with van der Waals surface area (Å²) in [4.78, 5) is 83.4. The first kappa shape index (κ1) is 43.0. The van der Waals surface area contributed by atoms with Crippen molar-refractivity contribution in [3.05, 3.63) is 70.3 Å². The molecule has 5 aliphatic rings. The first-order valence-corrected chi connectivity index (χ1v) is 22.1. The molecule has 15 nitrogen and oxygen atoms in total. The minimum atomic E-state index is -0.606. The van der Waals surface area contributed by atoms with Crippen LogP contribution in [-0.4, -0.2) is 120 Å². The summed E-state index contributed by atoms with van der Waals surface area (Å²) in [5, 5.41) is 15.0. The summed E-state index contributed by atoms with van der Waals surface area (Å²) in [7, 11) is 0. The van der Waals surface area contributed by atoms with Crippen LogP contribution in [-0.2, 0) is 9.59 Å². The number of urea groups is 1. The molecule has 326 valence electrons. The number of hydrogen-bond acceptors (Lipinski definition) is 12. The van der Waals surface area contributed by atoms with Crippen LogP contribution in [0.3, 0.4) is 0 Å². The van der Waals surface area contributed by atoms with Gasteiger partial charge in [0.1, 0.15) is 11.9 Å². The molecule has 2 unspecified atom stereocenters. The lowest BCUT2D eigenvalue weighted by molar-refractivity contribution is -0.136.